The number of rotatable bonds is 14. The minimum absolute atomic E-state index is 0. The number of nitro groups is 3. The van der Waals surface area contributed by atoms with E-state index < -0.39 is 39.4 Å². The molecule has 0 aromatic heterocycles. The number of nitrogens with two attached hydrogens (primary N) is 4. The lowest BCUT2D eigenvalue weighted by Gasteiger charge is -2.31. The summed E-state index contributed by atoms with van der Waals surface area (Å²) in [4.78, 5) is 47.4. The van der Waals surface area contributed by atoms with E-state index in [4.69, 9.17) is 47.8 Å². The Morgan fingerprint density at radius 2 is 1.00 bits per heavy atom. The zero-order chi connectivity index (χ0) is 71.8. The largest absolute Gasteiger partial charge is 0.444 e. The van der Waals surface area contributed by atoms with Crippen molar-refractivity contribution in [3.63, 3.8) is 0 Å². The second-order valence-corrected chi connectivity index (χ2v) is 28.0. The highest BCUT2D eigenvalue weighted by molar-refractivity contribution is 9.08. The summed E-state index contributed by atoms with van der Waals surface area (Å²) in [6, 6.07) is 39.6. The molecule has 10 rings (SSSR count). The summed E-state index contributed by atoms with van der Waals surface area (Å²) >= 11 is 3.25. The minimum atomic E-state index is -3.89. The van der Waals surface area contributed by atoms with Gasteiger partial charge in [0.1, 0.15) is 5.60 Å². The molecular weight excluding hydrogens is 1430 g/mol. The van der Waals surface area contributed by atoms with E-state index >= 15 is 0 Å². The Hall–Kier alpha value is -7.50. The minimum Gasteiger partial charge on any atom is -0.444 e. The van der Waals surface area contributed by atoms with Crippen LogP contribution in [0.2, 0.25) is 0 Å². The Morgan fingerprint density at radius 3 is 1.42 bits per heavy atom. The van der Waals surface area contributed by atoms with Crippen LogP contribution in [0.5, 0.6) is 0 Å². The molecular formula is C69H110BrClN14O14S2. The zero-order valence-corrected chi connectivity index (χ0v) is 59.6. The van der Waals surface area contributed by atoms with Gasteiger partial charge in [0.05, 0.1) is 51.0 Å². The van der Waals surface area contributed by atoms with Crippen molar-refractivity contribution in [3.8, 4) is 0 Å². The number of benzene rings is 6. The van der Waals surface area contributed by atoms with Crippen LogP contribution in [0.15, 0.2) is 155 Å². The van der Waals surface area contributed by atoms with Crippen LogP contribution >= 0.6 is 26.6 Å². The molecule has 0 saturated carbocycles. The standard InChI is InChI=1S/C13H20N2O2.C11H17N3O2S.C11H16N2O.C8H10N2O2.C7H6BrNO2.C6H4ClNO4S.C5H12N2.C4H9NO.4CH4/c1-13(2,3)17-12(16)15-9-8-10-4-6-11(14)7-5-10;1-13-5-7-14(8-6-13)17(15,16)11-4-2-3-10(12)9-11;12-11-3-1-10(2-4-11)9-13-5-7-14-8-6-13;9-6-5-7-1-3-8(4-2-7)10(11)12;8-5-6-1-3-7(4-2-6)9(10)11;7-13(11,12)6-3-1-2-5(4-6)8(9)10;1-7-4-2-6-3-5-7;1-3-6-4-2-5-1;;;;/h4-7H,8-9,14H2,1-3H3,(H,15,16);2-4,9H,5-8,12H2,1H3;1-4H,5-9,12H2;1-4H,5-6,9H2;1-4H,5H2;1-4H;6H,2-5H2,1H3;5H,1-4H2;4*1H4. The predicted molar refractivity (Wildman–Crippen MR) is 412 cm³/mol. The lowest BCUT2D eigenvalue weighted by atomic mass is 10.1. The van der Waals surface area contributed by atoms with Crippen LogP contribution in [0.3, 0.4) is 0 Å². The van der Waals surface area contributed by atoms with Gasteiger partial charge in [-0.3, -0.25) is 35.2 Å². The number of likely N-dealkylation sites (N-methyl/N-ethyl adjacent to an activating group) is 2. The molecule has 101 heavy (non-hydrogen) atoms. The van der Waals surface area contributed by atoms with Gasteiger partial charge >= 0.3 is 6.09 Å². The Morgan fingerprint density at radius 1 is 0.564 bits per heavy atom. The summed E-state index contributed by atoms with van der Waals surface area (Å²) in [5, 5.41) is 40.6. The number of carbonyl (C=O) groups excluding carboxylic acids is 1. The van der Waals surface area contributed by atoms with Crippen molar-refractivity contribution < 1.29 is 50.6 Å². The van der Waals surface area contributed by atoms with Crippen LogP contribution in [0.1, 0.15) is 72.7 Å². The predicted octanol–water partition coefficient (Wildman–Crippen LogP) is 10.4. The number of nitro benzene ring substituents is 3. The van der Waals surface area contributed by atoms with Gasteiger partial charge in [-0.05, 0) is 125 Å². The number of ether oxygens (including phenoxy) is 3. The summed E-state index contributed by atoms with van der Waals surface area (Å²) < 4.78 is 63.0. The van der Waals surface area contributed by atoms with E-state index in [1.54, 1.807) is 42.5 Å². The van der Waals surface area contributed by atoms with E-state index in [-0.39, 0.29) is 62.7 Å². The number of nitrogens with one attached hydrogen (secondary N) is 3. The quantitative estimate of drug-likeness (QED) is 0.0175. The summed E-state index contributed by atoms with van der Waals surface area (Å²) in [6.07, 6.45) is 1.14. The number of morpholine rings is 2. The Balaban J connectivity index is 0. The number of nitrogens with zero attached hydrogens (tertiary/aromatic N) is 7. The molecule has 0 unspecified atom stereocenters. The van der Waals surface area contributed by atoms with E-state index in [1.807, 2.05) is 64.2 Å². The molecule has 0 aliphatic carbocycles. The third kappa shape index (κ3) is 41.9. The first kappa shape index (κ1) is 95.6. The second-order valence-electron chi connectivity index (χ2n) is 23.0. The highest BCUT2D eigenvalue weighted by atomic mass is 79.9. The van der Waals surface area contributed by atoms with Gasteiger partial charge in [-0.2, -0.15) is 4.31 Å². The Labute approximate surface area is 611 Å². The monoisotopic (exact) mass is 1540 g/mol. The van der Waals surface area contributed by atoms with Crippen LogP contribution in [0.4, 0.5) is 38.9 Å². The Bertz CT molecular complexity index is 3480. The molecule has 6 aromatic carbocycles. The van der Waals surface area contributed by atoms with Gasteiger partial charge in [0.2, 0.25) is 10.0 Å². The van der Waals surface area contributed by atoms with Crippen molar-refractivity contribution in [3.05, 3.63) is 198 Å². The van der Waals surface area contributed by atoms with Gasteiger partial charge in [0.25, 0.3) is 26.1 Å². The van der Waals surface area contributed by atoms with E-state index in [1.165, 1.54) is 71.5 Å². The lowest BCUT2D eigenvalue weighted by molar-refractivity contribution is -0.385. The van der Waals surface area contributed by atoms with Crippen LogP contribution < -0.4 is 38.9 Å². The fraction of sp³-hybridized carbons (Fsp3) is 0.464. The lowest BCUT2D eigenvalue weighted by Crippen LogP contribution is -2.47. The number of alkyl halides is 1. The van der Waals surface area contributed by atoms with Crippen LogP contribution in [-0.4, -0.2) is 194 Å². The van der Waals surface area contributed by atoms with Gasteiger partial charge in [-0.1, -0.05) is 106 Å². The van der Waals surface area contributed by atoms with Gasteiger partial charge in [0, 0.05) is 161 Å². The van der Waals surface area contributed by atoms with E-state index in [9.17, 15) is 52.0 Å². The molecule has 0 atom stereocenters. The van der Waals surface area contributed by atoms with Gasteiger partial charge < -0.3 is 62.9 Å². The number of hydrogen-bond acceptors (Lipinski definition) is 23. The maximum absolute atomic E-state index is 12.3. The molecule has 4 heterocycles. The van der Waals surface area contributed by atoms with Crippen molar-refractivity contribution in [2.24, 2.45) is 5.73 Å². The topological polar surface area (TPSA) is 396 Å². The second kappa shape index (κ2) is 51.6. The van der Waals surface area contributed by atoms with Crippen LogP contribution in [0.25, 0.3) is 0 Å². The fourth-order valence-corrected chi connectivity index (χ4v) is 11.1. The van der Waals surface area contributed by atoms with Crippen molar-refractivity contribution in [1.82, 2.24) is 35.0 Å². The first-order valence-electron chi connectivity index (χ1n) is 31.1. The Kier molecular flexibility index (Phi) is 48.8. The van der Waals surface area contributed by atoms with Gasteiger partial charge in [-0.15, -0.1) is 0 Å². The zero-order valence-electron chi connectivity index (χ0n) is 55.6. The molecule has 1 amide bonds. The maximum Gasteiger partial charge on any atom is 0.407 e. The highest BCUT2D eigenvalue weighted by Crippen LogP contribution is 2.22. The molecule has 28 nitrogen and oxygen atoms in total. The number of anilines is 3. The summed E-state index contributed by atoms with van der Waals surface area (Å²) in [5.74, 6) is 0. The molecule has 0 spiro atoms. The molecule has 11 N–H and O–H groups in total. The van der Waals surface area contributed by atoms with Crippen LogP contribution in [-0.2, 0) is 58.0 Å². The molecule has 0 radical (unpaired) electrons. The molecule has 4 saturated heterocycles. The molecule has 6 aromatic rings. The molecule has 4 aliphatic heterocycles. The summed E-state index contributed by atoms with van der Waals surface area (Å²) in [5.41, 5.74) is 28.2. The van der Waals surface area contributed by atoms with E-state index in [2.05, 4.69) is 65.8 Å². The number of nitrogen functional groups attached to an aromatic ring is 3. The number of hydrogen-bond donors (Lipinski definition) is 7. The number of sulfonamides is 1. The molecule has 4 fully saturated rings. The normalized spacial score (nSPS) is 14.5. The third-order valence-electron chi connectivity index (χ3n) is 13.9. The molecule has 32 heteroatoms. The number of carbonyl (C=O) groups is 1. The van der Waals surface area contributed by atoms with Crippen molar-refractivity contribution >= 4 is 85.9 Å². The van der Waals surface area contributed by atoms with Crippen molar-refractivity contribution in [2.75, 3.05) is 149 Å². The number of piperazine rings is 2. The van der Waals surface area contributed by atoms with Gasteiger partial charge in [0.15, 0.2) is 0 Å². The SMILES string of the molecule is C.C.C.C.C1COCCN1.CC(C)(C)OC(=O)NCCc1ccc(N)cc1.CN1CCN(S(=O)(=O)c2cccc(N)c2)CC1.CN1CCNCC1.NCCc1ccc([N+](=O)[O-])cc1.Nc1ccc(CN2CCOCC2)cc1.O=[N+]([O-])c1ccc(CBr)cc1.O=[N+]([O-])c1cccc(S(=O)(=O)Cl)c1. The van der Waals surface area contributed by atoms with E-state index in [0.717, 1.165) is 138 Å². The van der Waals surface area contributed by atoms with E-state index in [0.29, 0.717) is 31.9 Å². The van der Waals surface area contributed by atoms with Gasteiger partial charge in [-0.25, -0.2) is 21.6 Å². The fourth-order valence-electron chi connectivity index (χ4n) is 8.50. The number of alkyl carbamates (subject to hydrolysis) is 1. The molecule has 566 valence electrons. The molecule has 4 aliphatic rings. The van der Waals surface area contributed by atoms with Crippen molar-refractivity contribution in [2.45, 2.75) is 90.6 Å². The number of halogens is 2. The smallest absolute Gasteiger partial charge is 0.407 e. The maximum atomic E-state index is 12.3. The highest BCUT2D eigenvalue weighted by Gasteiger charge is 2.27. The first-order valence-corrected chi connectivity index (χ1v) is 36.0. The average molecular weight is 1540 g/mol. The average Bonchev–Trinajstić information content (AvgIpc) is 0.807. The van der Waals surface area contributed by atoms with Crippen molar-refractivity contribution in [1.29, 1.82) is 0 Å². The summed E-state index contributed by atoms with van der Waals surface area (Å²) in [7, 11) is 1.86. The first-order chi connectivity index (χ1) is 46.0. The third-order valence-corrected chi connectivity index (χ3v) is 17.8. The number of amides is 1. The summed E-state index contributed by atoms with van der Waals surface area (Å²) in [6.45, 7) is 22.6. The number of non-ortho nitro benzene ring substituents is 3. The molecule has 0 bridgehead atoms. The van der Waals surface area contributed by atoms with Crippen LogP contribution in [0, 0.1) is 30.3 Å².